The van der Waals surface area contributed by atoms with Crippen LogP contribution < -0.4 is 10.6 Å². The average Bonchev–Trinajstić information content (AvgIpc) is 3.04. The van der Waals surface area contributed by atoms with Crippen LogP contribution in [0.1, 0.15) is 48.7 Å². The third-order valence-corrected chi connectivity index (χ3v) is 3.05. The number of nitrogens with zero attached hydrogens (tertiary/aromatic N) is 2. The van der Waals surface area contributed by atoms with Gasteiger partial charge in [-0.25, -0.2) is 0 Å². The molecule has 7 heteroatoms. The number of aliphatic hydroxyl groups excluding tert-OH is 1. The number of hydrogen-bond acceptors (Lipinski definition) is 6. The zero-order chi connectivity index (χ0) is 13.0. The third-order valence-electron chi connectivity index (χ3n) is 3.05. The molecule has 2 rings (SSSR count). The van der Waals surface area contributed by atoms with E-state index in [9.17, 15) is 4.79 Å². The molecule has 2 unspecified atom stereocenters. The zero-order valence-corrected chi connectivity index (χ0v) is 10.3. The third kappa shape index (κ3) is 2.85. The molecule has 0 radical (unpaired) electrons. The minimum Gasteiger partial charge on any atom is -0.394 e. The van der Waals surface area contributed by atoms with Gasteiger partial charge >= 0.3 is 0 Å². The van der Waals surface area contributed by atoms with Gasteiger partial charge in [-0.3, -0.25) is 4.79 Å². The lowest BCUT2D eigenvalue weighted by Gasteiger charge is -2.11. The van der Waals surface area contributed by atoms with Gasteiger partial charge in [0.1, 0.15) is 0 Å². The predicted octanol–water partition coefficient (Wildman–Crippen LogP) is -0.00520. The normalized spacial score (nSPS) is 20.9. The first-order valence-electron chi connectivity index (χ1n) is 6.23. The highest BCUT2D eigenvalue weighted by Gasteiger charge is 2.24. The predicted molar refractivity (Wildman–Crippen MR) is 62.9 cm³/mol. The maximum Gasteiger partial charge on any atom is 0.292 e. The molecule has 100 valence electrons. The summed E-state index contributed by atoms with van der Waals surface area (Å²) >= 11 is 0. The number of nitrogens with one attached hydrogen (secondary N) is 2. The monoisotopic (exact) mass is 254 g/mol. The largest absolute Gasteiger partial charge is 0.394 e. The van der Waals surface area contributed by atoms with Gasteiger partial charge in [0.15, 0.2) is 0 Å². The number of hydrogen-bond donors (Lipinski definition) is 3. The molecule has 0 spiro atoms. The van der Waals surface area contributed by atoms with E-state index in [1.165, 1.54) is 0 Å². The van der Waals surface area contributed by atoms with Gasteiger partial charge < -0.3 is 20.3 Å². The number of amides is 1. The Morgan fingerprint density at radius 1 is 1.72 bits per heavy atom. The smallest absolute Gasteiger partial charge is 0.292 e. The summed E-state index contributed by atoms with van der Waals surface area (Å²) in [4.78, 5) is 15.9. The van der Waals surface area contributed by atoms with Crippen molar-refractivity contribution in [2.45, 2.75) is 38.3 Å². The molecule has 0 aliphatic carbocycles. The Kier molecular flexibility index (Phi) is 4.27. The molecule has 3 N–H and O–H groups in total. The lowest BCUT2D eigenvalue weighted by molar-refractivity contribution is 0.0901. The number of rotatable bonds is 5. The van der Waals surface area contributed by atoms with E-state index in [4.69, 9.17) is 9.63 Å². The van der Waals surface area contributed by atoms with Crippen LogP contribution in [0.2, 0.25) is 0 Å². The molecule has 1 aromatic heterocycles. The summed E-state index contributed by atoms with van der Waals surface area (Å²) in [5.74, 6) is 0.0594. The van der Waals surface area contributed by atoms with E-state index in [-0.39, 0.29) is 24.5 Å². The van der Waals surface area contributed by atoms with Crippen molar-refractivity contribution in [3.05, 3.63) is 11.7 Å². The lowest BCUT2D eigenvalue weighted by Crippen LogP contribution is -2.37. The molecule has 0 bridgehead atoms. The van der Waals surface area contributed by atoms with E-state index >= 15 is 0 Å². The van der Waals surface area contributed by atoms with E-state index in [1.807, 2.05) is 6.92 Å². The lowest BCUT2D eigenvalue weighted by atomic mass is 10.2. The zero-order valence-electron chi connectivity index (χ0n) is 10.3. The topological polar surface area (TPSA) is 100 Å². The van der Waals surface area contributed by atoms with Crippen LogP contribution in [0.4, 0.5) is 0 Å². The van der Waals surface area contributed by atoms with Crippen LogP contribution in [0.25, 0.3) is 0 Å². The Hall–Kier alpha value is -1.47. The first-order valence-corrected chi connectivity index (χ1v) is 6.23. The van der Waals surface area contributed by atoms with Crippen molar-refractivity contribution in [1.29, 1.82) is 0 Å². The van der Waals surface area contributed by atoms with Crippen LogP contribution in [-0.4, -0.2) is 40.3 Å². The van der Waals surface area contributed by atoms with E-state index in [0.29, 0.717) is 12.3 Å². The standard InChI is InChI=1S/C11H18N4O3/c1-2-7(6-16)13-10(17)9-14-11(18-15-9)8-4-3-5-12-8/h7-8,12,16H,2-6H2,1H3,(H,13,17). The highest BCUT2D eigenvalue weighted by atomic mass is 16.5. The van der Waals surface area contributed by atoms with Crippen LogP contribution in [-0.2, 0) is 0 Å². The van der Waals surface area contributed by atoms with Crippen LogP contribution in [0, 0.1) is 0 Å². The second kappa shape index (κ2) is 5.92. The number of aromatic nitrogens is 2. The van der Waals surface area contributed by atoms with Crippen molar-refractivity contribution >= 4 is 5.91 Å². The van der Waals surface area contributed by atoms with Crippen molar-refractivity contribution in [3.63, 3.8) is 0 Å². The van der Waals surface area contributed by atoms with Gasteiger partial charge in [0, 0.05) is 0 Å². The first kappa shape index (κ1) is 13.0. The summed E-state index contributed by atoms with van der Waals surface area (Å²) in [6.07, 6.45) is 2.66. The quantitative estimate of drug-likeness (QED) is 0.683. The Morgan fingerprint density at radius 2 is 2.56 bits per heavy atom. The maximum atomic E-state index is 11.8. The van der Waals surface area contributed by atoms with E-state index in [2.05, 4.69) is 20.8 Å². The van der Waals surface area contributed by atoms with Crippen molar-refractivity contribution in [2.24, 2.45) is 0 Å². The van der Waals surface area contributed by atoms with Crippen LogP contribution in [0.3, 0.4) is 0 Å². The second-order valence-electron chi connectivity index (χ2n) is 4.37. The molecule has 2 atom stereocenters. The van der Waals surface area contributed by atoms with Gasteiger partial charge in [-0.05, 0) is 25.8 Å². The van der Waals surface area contributed by atoms with Crippen LogP contribution >= 0.6 is 0 Å². The summed E-state index contributed by atoms with van der Waals surface area (Å²) < 4.78 is 5.07. The fourth-order valence-corrected chi connectivity index (χ4v) is 1.89. The molecule has 2 heterocycles. The van der Waals surface area contributed by atoms with E-state index in [1.54, 1.807) is 0 Å². The second-order valence-corrected chi connectivity index (χ2v) is 4.37. The number of carbonyl (C=O) groups excluding carboxylic acids is 1. The maximum absolute atomic E-state index is 11.8. The first-order chi connectivity index (χ1) is 8.74. The Labute approximate surface area is 105 Å². The molecule has 1 fully saturated rings. The van der Waals surface area contributed by atoms with Crippen molar-refractivity contribution in [2.75, 3.05) is 13.2 Å². The van der Waals surface area contributed by atoms with Gasteiger partial charge in [-0.2, -0.15) is 4.98 Å². The van der Waals surface area contributed by atoms with E-state index in [0.717, 1.165) is 19.4 Å². The highest BCUT2D eigenvalue weighted by Crippen LogP contribution is 2.20. The molecule has 0 aromatic carbocycles. The molecule has 1 amide bonds. The number of aliphatic hydroxyl groups is 1. The van der Waals surface area contributed by atoms with Crippen LogP contribution in [0.5, 0.6) is 0 Å². The van der Waals surface area contributed by atoms with Crippen LogP contribution in [0.15, 0.2) is 4.52 Å². The SMILES string of the molecule is CCC(CO)NC(=O)c1noc(C2CCCN2)n1. The minimum atomic E-state index is -0.413. The molecule has 0 saturated carbocycles. The van der Waals surface area contributed by atoms with Gasteiger partial charge in [-0.15, -0.1) is 0 Å². The Morgan fingerprint density at radius 3 is 3.17 bits per heavy atom. The molecule has 1 aromatic rings. The van der Waals surface area contributed by atoms with E-state index < -0.39 is 5.91 Å². The van der Waals surface area contributed by atoms with Gasteiger partial charge in [-0.1, -0.05) is 12.1 Å². The minimum absolute atomic E-state index is 0.0191. The van der Waals surface area contributed by atoms with Gasteiger partial charge in [0.25, 0.3) is 11.7 Å². The summed E-state index contributed by atoms with van der Waals surface area (Å²) in [6.45, 7) is 2.71. The molecule has 1 aliphatic rings. The fourth-order valence-electron chi connectivity index (χ4n) is 1.89. The average molecular weight is 254 g/mol. The molecular formula is C11H18N4O3. The Bertz CT molecular complexity index is 397. The number of carbonyl (C=O) groups is 1. The molecule has 7 nitrogen and oxygen atoms in total. The van der Waals surface area contributed by atoms with Crippen molar-refractivity contribution < 1.29 is 14.4 Å². The van der Waals surface area contributed by atoms with Gasteiger partial charge in [0.05, 0.1) is 18.7 Å². The van der Waals surface area contributed by atoms with Crippen molar-refractivity contribution in [1.82, 2.24) is 20.8 Å². The van der Waals surface area contributed by atoms with Gasteiger partial charge in [0.2, 0.25) is 5.89 Å². The molecule has 1 aliphatic heterocycles. The van der Waals surface area contributed by atoms with Crippen molar-refractivity contribution in [3.8, 4) is 0 Å². The molecule has 1 saturated heterocycles. The summed E-state index contributed by atoms with van der Waals surface area (Å²) in [6, 6.07) is -0.220. The molecular weight excluding hydrogens is 236 g/mol. The fraction of sp³-hybridized carbons (Fsp3) is 0.727. The summed E-state index contributed by atoms with van der Waals surface area (Å²) in [5.41, 5.74) is 0. The molecule has 18 heavy (non-hydrogen) atoms. The Balaban J connectivity index is 1.98. The summed E-state index contributed by atoms with van der Waals surface area (Å²) in [7, 11) is 0. The summed E-state index contributed by atoms with van der Waals surface area (Å²) in [5, 5.41) is 18.5. The highest BCUT2D eigenvalue weighted by molar-refractivity contribution is 5.90.